The van der Waals surface area contributed by atoms with Gasteiger partial charge in [0.15, 0.2) is 5.16 Å². The second kappa shape index (κ2) is 57.1. The quantitative estimate of drug-likeness (QED) is 0.00780. The number of methoxy groups -OCH3 is 1. The van der Waals surface area contributed by atoms with Crippen molar-refractivity contribution in [3.8, 4) is 23.2 Å². The molecule has 5 amide bonds. The molecule has 6 heterocycles. The first-order valence-electron chi connectivity index (χ1n) is 42.2. The molecule has 4 aromatic heterocycles. The van der Waals surface area contributed by atoms with Gasteiger partial charge in [0.2, 0.25) is 35.1 Å². The average Bonchev–Trinajstić information content (AvgIpc) is 1.61. The van der Waals surface area contributed by atoms with Gasteiger partial charge in [0.25, 0.3) is 5.56 Å². The minimum absolute atomic E-state index is 0.00403. The third-order valence-electron chi connectivity index (χ3n) is 19.4. The summed E-state index contributed by atoms with van der Waals surface area (Å²) in [6, 6.07) is 15.3. The molecule has 2 aliphatic rings. The van der Waals surface area contributed by atoms with Crippen LogP contribution in [-0.2, 0) is 130 Å². The van der Waals surface area contributed by atoms with Crippen LogP contribution in [0.15, 0.2) is 83.1 Å². The number of thioether (sulfide) groups is 1. The van der Waals surface area contributed by atoms with Crippen LogP contribution in [0.5, 0.6) is 0 Å². The molecular weight excluding hydrogens is 1580 g/mol. The van der Waals surface area contributed by atoms with Crippen LogP contribution in [0.2, 0.25) is 0 Å². The molecule has 6 N–H and O–H groups in total. The molecule has 6 aromatic rings. The molecule has 0 fully saturated rings. The van der Waals surface area contributed by atoms with Gasteiger partial charge in [-0.15, -0.1) is 5.10 Å². The molecule has 34 heteroatoms. The molecule has 0 saturated carbocycles. The number of para-hydroxylation sites is 1. The largest absolute Gasteiger partial charge is 0.510 e. The van der Waals surface area contributed by atoms with Crippen LogP contribution in [-0.4, -0.2) is 238 Å². The monoisotopic (exact) mass is 1700 g/mol. The molecule has 0 bridgehead atoms. The number of esters is 1. The fraction of sp³-hybridized carbons (Fsp3) is 0.598. The zero-order chi connectivity index (χ0) is 86.7. The summed E-state index contributed by atoms with van der Waals surface area (Å²) in [5, 5.41) is 21.1. The maximum absolute atomic E-state index is 14.3. The van der Waals surface area contributed by atoms with Crippen molar-refractivity contribution in [1.82, 2.24) is 55.4 Å². The molecule has 8 rings (SSSR count). The van der Waals surface area contributed by atoms with Gasteiger partial charge in [0.05, 0.1) is 60.5 Å². The highest BCUT2D eigenvalue weighted by molar-refractivity contribution is 7.98. The van der Waals surface area contributed by atoms with Crippen molar-refractivity contribution in [1.29, 1.82) is 0 Å². The first kappa shape index (κ1) is 98.7. The van der Waals surface area contributed by atoms with Gasteiger partial charge in [0, 0.05) is 186 Å². The fourth-order valence-electron chi connectivity index (χ4n) is 13.0. The molecule has 2 aromatic carbocycles. The van der Waals surface area contributed by atoms with E-state index >= 15 is 0 Å². The Bertz CT molecular complexity index is 4260. The maximum atomic E-state index is 14.3. The highest BCUT2D eigenvalue weighted by Crippen LogP contribution is 2.42. The Kier molecular flexibility index (Phi) is 46.6. The van der Waals surface area contributed by atoms with Crippen molar-refractivity contribution in [3.63, 3.8) is 0 Å². The Morgan fingerprint density at radius 3 is 1.89 bits per heavy atom. The smallest absolute Gasteiger partial charge is 0.457 e. The predicted molar refractivity (Wildman–Crippen MR) is 455 cm³/mol. The number of pyridine rings is 2. The number of nitrogens with two attached hydrogens (primary N) is 1. The van der Waals surface area contributed by atoms with Gasteiger partial charge in [-0.05, 0) is 152 Å². The van der Waals surface area contributed by atoms with Crippen LogP contribution in [0, 0.1) is 11.8 Å². The number of benzene rings is 2. The molecule has 0 saturated heterocycles. The number of carbonyl (C=O) groups excluding carboxylic acids is 7. The van der Waals surface area contributed by atoms with E-state index in [0.29, 0.717) is 210 Å². The van der Waals surface area contributed by atoms with Crippen molar-refractivity contribution < 1.29 is 90.4 Å². The number of carbonyl (C=O) groups is 7. The first-order chi connectivity index (χ1) is 58.9. The van der Waals surface area contributed by atoms with Crippen LogP contribution in [0.4, 0.5) is 10.5 Å². The summed E-state index contributed by atoms with van der Waals surface area (Å²) in [5.41, 5.74) is 9.77. The highest BCUT2D eigenvalue weighted by Gasteiger charge is 2.51. The standard InChI is InChI=1S/C44H52N6O9.C43H73N7O11S/c1-6-38(52)47-36(14-10-11-20-45)40(53)46-29-17-15-28(16-18-29)24-58-43(56)59-44(7-2)34-22-37-39-32(23-50(37)41(54)33(34)25-57-42(44)55)30(19-21-49(26(3)4)27(5)51)31-12-8-9-13-35(31)48-39;1-53-38-42(52)44-16-6-18-54-19-7-20-55-21-8-22-56-23-9-24-57-25-10-26-58-27-11-28-59-29-12-30-60-31-13-32-61-33-17-50-37-40(48-49-50)36-45-41(51)15-5-3-4-14-39-34-46-43(62-2)47-35-39/h8-9,12-13,15-18,22,26,36H,6-7,10-11,14,19-21,23-25,45H2,1-5H3,(H,46,53)(H,47,52);34-35,37H,3,5-13,15-33,36,38H2,1-2H3,(H,44,52)(H,45,51)/t36-,44-;/m0./s1. The van der Waals surface area contributed by atoms with Crippen LogP contribution < -0.4 is 32.6 Å². The summed E-state index contributed by atoms with van der Waals surface area (Å²) in [7, 11) is 1.50. The van der Waals surface area contributed by atoms with Crippen molar-refractivity contribution >= 4 is 70.0 Å². The molecule has 121 heavy (non-hydrogen) atoms. The summed E-state index contributed by atoms with van der Waals surface area (Å²) < 4.78 is 70.1. The van der Waals surface area contributed by atoms with Gasteiger partial charge in [-0.3, -0.25) is 28.8 Å². The Balaban J connectivity index is 0.000000333. The van der Waals surface area contributed by atoms with Crippen molar-refractivity contribution in [3.05, 3.63) is 123 Å². The van der Waals surface area contributed by atoms with Gasteiger partial charge in [-0.2, -0.15) is 0 Å². The van der Waals surface area contributed by atoms with Crippen LogP contribution >= 0.6 is 11.8 Å². The Morgan fingerprint density at radius 1 is 0.719 bits per heavy atom. The number of rotatable bonds is 59. The number of hydrogen-bond acceptors (Lipinski definition) is 27. The van der Waals surface area contributed by atoms with E-state index in [-0.39, 0.29) is 91.5 Å². The Hall–Kier alpha value is -9.38. The third kappa shape index (κ3) is 35.2. The summed E-state index contributed by atoms with van der Waals surface area (Å²) >= 11 is 1.48. The molecule has 0 spiro atoms. The second-order valence-electron chi connectivity index (χ2n) is 29.0. The molecule has 2 aliphatic heterocycles. The molecule has 0 unspecified atom stereocenters. The number of ether oxygens (including phenoxy) is 12. The lowest BCUT2D eigenvalue weighted by molar-refractivity contribution is -0.175. The van der Waals surface area contributed by atoms with Crippen LogP contribution in [0.1, 0.15) is 176 Å². The van der Waals surface area contributed by atoms with E-state index in [4.69, 9.17) is 67.6 Å². The van der Waals surface area contributed by atoms with Gasteiger partial charge >= 0.3 is 12.1 Å². The maximum Gasteiger partial charge on any atom is 0.510 e. The average molecular weight is 1710 g/mol. The first-order valence-corrected chi connectivity index (χ1v) is 43.4. The van der Waals surface area contributed by atoms with E-state index < -0.39 is 23.8 Å². The predicted octanol–water partition coefficient (Wildman–Crippen LogP) is 8.85. The molecular formula is C87H125N13O20S. The lowest BCUT2D eigenvalue weighted by Gasteiger charge is -2.35. The van der Waals surface area contributed by atoms with E-state index in [1.807, 2.05) is 50.6 Å². The summed E-state index contributed by atoms with van der Waals surface area (Å²) in [6.45, 7) is 21.6. The number of nitrogens with one attached hydrogen (secondary N) is 4. The number of amides is 5. The van der Waals surface area contributed by atoms with Gasteiger partial charge in [0.1, 0.15) is 31.6 Å². The molecule has 33 nitrogen and oxygen atoms in total. The van der Waals surface area contributed by atoms with E-state index in [2.05, 4.69) is 53.4 Å². The number of cyclic esters (lactones) is 1. The molecule has 0 radical (unpaired) electrons. The van der Waals surface area contributed by atoms with E-state index in [9.17, 15) is 38.4 Å². The zero-order valence-electron chi connectivity index (χ0n) is 71.5. The van der Waals surface area contributed by atoms with E-state index in [1.165, 1.54) is 18.9 Å². The lowest BCUT2D eigenvalue weighted by Crippen LogP contribution is -2.47. The van der Waals surface area contributed by atoms with Crippen LogP contribution in [0.25, 0.3) is 22.3 Å². The summed E-state index contributed by atoms with van der Waals surface area (Å²) in [6.07, 6.45) is 17.1. The van der Waals surface area contributed by atoms with E-state index in [0.717, 1.165) is 85.4 Å². The molecule has 2 atom stereocenters. The van der Waals surface area contributed by atoms with Crippen molar-refractivity contribution in [2.24, 2.45) is 5.73 Å². The normalized spacial score (nSPS) is 13.4. The van der Waals surface area contributed by atoms with Gasteiger partial charge in [-0.25, -0.2) is 29.2 Å². The van der Waals surface area contributed by atoms with Gasteiger partial charge in [-0.1, -0.05) is 73.0 Å². The van der Waals surface area contributed by atoms with E-state index in [1.54, 1.807) is 77.6 Å². The third-order valence-corrected chi connectivity index (χ3v) is 20.0. The Labute approximate surface area is 714 Å². The van der Waals surface area contributed by atoms with Gasteiger partial charge < -0.3 is 93.3 Å². The minimum atomic E-state index is -1.97. The lowest BCUT2D eigenvalue weighted by atomic mass is 9.85. The number of hydrogen-bond donors (Lipinski definition) is 5. The topological polar surface area (TPSA) is 399 Å². The number of unbranched alkanes of at least 4 members (excludes halogenated alkanes) is 2. The zero-order valence-corrected chi connectivity index (χ0v) is 72.3. The number of aromatic nitrogens is 7. The van der Waals surface area contributed by atoms with Crippen molar-refractivity contribution in [2.75, 3.05) is 151 Å². The minimum Gasteiger partial charge on any atom is -0.457 e. The summed E-state index contributed by atoms with van der Waals surface area (Å²) in [4.78, 5) is 117. The number of anilines is 1. The molecule has 0 aliphatic carbocycles. The number of fused-ring (bicyclic) bond motifs is 5. The molecule has 664 valence electrons. The van der Waals surface area contributed by atoms with Crippen LogP contribution in [0.3, 0.4) is 0 Å². The Morgan fingerprint density at radius 2 is 1.32 bits per heavy atom. The number of nitrogens with zero attached hydrogens (tertiary/aromatic N) is 8. The SMILES string of the molecule is CCC(=O)N[C@@H](CCCCN)C(=O)Nc1ccc(COC(=O)O[C@]2(CC)C(=O)OCc3c2cc2n(c3=O)Cc3c-2nc2ccccc2c3CCN(C(C)=O)C(C)C)cc1.COCC(=O)NCCCOCCCOCCCOCCCOCCCOCCCOCCCOCCCOCCn1cc(CNC(=O)CCCC#Cc2cnc(SC)nc2)nn1. The fourth-order valence-corrected chi connectivity index (χ4v) is 13.4. The summed E-state index contributed by atoms with van der Waals surface area (Å²) in [5.74, 6) is 4.49. The second-order valence-corrected chi connectivity index (χ2v) is 29.8. The highest BCUT2D eigenvalue weighted by atomic mass is 32.2. The van der Waals surface area contributed by atoms with Crippen molar-refractivity contribution in [2.45, 2.75) is 199 Å².